The molecule has 12 heteroatoms. The standard InChI is InChI=1S/C29H34F4N4O4/c1-27(26(39)40)8-3-11-37(27)25(38)21-5-4-20(14-22(21)30)23-15-35-24(16-34-23)41-17-19-6-12-36(13-7-19)18-28(9-2-10-28)29(31,32)33/h4-5,14-16,19H,2-3,6-13,17-18H2,1H3,(H,39,40). The van der Waals surface area contributed by atoms with Crippen LogP contribution in [-0.2, 0) is 4.79 Å². The summed E-state index contributed by atoms with van der Waals surface area (Å²) in [4.78, 5) is 36.3. The zero-order chi connectivity index (χ0) is 29.4. The molecule has 1 aliphatic carbocycles. The van der Waals surface area contributed by atoms with Crippen molar-refractivity contribution in [3.05, 3.63) is 42.0 Å². The van der Waals surface area contributed by atoms with Gasteiger partial charge in [0.05, 0.1) is 35.7 Å². The van der Waals surface area contributed by atoms with E-state index < -0.39 is 34.8 Å². The van der Waals surface area contributed by atoms with E-state index in [1.165, 1.54) is 42.4 Å². The number of hydrogen-bond acceptors (Lipinski definition) is 6. The van der Waals surface area contributed by atoms with E-state index in [4.69, 9.17) is 4.74 Å². The summed E-state index contributed by atoms with van der Waals surface area (Å²) in [7, 11) is 0. The van der Waals surface area contributed by atoms with Gasteiger partial charge in [0.2, 0.25) is 5.88 Å². The van der Waals surface area contributed by atoms with Crippen molar-refractivity contribution in [2.24, 2.45) is 11.3 Å². The second-order valence-electron chi connectivity index (χ2n) is 11.7. The fourth-order valence-electron chi connectivity index (χ4n) is 6.12. The van der Waals surface area contributed by atoms with E-state index in [1.807, 2.05) is 4.90 Å². The van der Waals surface area contributed by atoms with Gasteiger partial charge in [-0.15, -0.1) is 0 Å². The molecule has 0 bridgehead atoms. The number of likely N-dealkylation sites (tertiary alicyclic amines) is 2. The number of carbonyl (C=O) groups is 2. The average molecular weight is 579 g/mol. The predicted molar refractivity (Wildman–Crippen MR) is 141 cm³/mol. The van der Waals surface area contributed by atoms with Gasteiger partial charge in [0.25, 0.3) is 5.91 Å². The molecule has 1 amide bonds. The Morgan fingerprint density at radius 2 is 1.80 bits per heavy atom. The lowest BCUT2D eigenvalue weighted by atomic mass is 9.67. The first kappa shape index (κ1) is 29.2. The highest BCUT2D eigenvalue weighted by molar-refractivity contribution is 5.98. The quantitative estimate of drug-likeness (QED) is 0.431. The van der Waals surface area contributed by atoms with E-state index in [0.29, 0.717) is 50.2 Å². The molecule has 1 unspecified atom stereocenters. The van der Waals surface area contributed by atoms with Crippen LogP contribution in [0.25, 0.3) is 11.3 Å². The largest absolute Gasteiger partial charge is 0.480 e. The fourth-order valence-corrected chi connectivity index (χ4v) is 6.12. The van der Waals surface area contributed by atoms with E-state index in [0.717, 1.165) is 12.8 Å². The smallest absolute Gasteiger partial charge is 0.395 e. The zero-order valence-corrected chi connectivity index (χ0v) is 22.9. The fraction of sp³-hybridized carbons (Fsp3) is 0.586. The number of aromatic nitrogens is 2. The summed E-state index contributed by atoms with van der Waals surface area (Å²) in [5.74, 6) is -2.07. The molecule has 41 heavy (non-hydrogen) atoms. The molecule has 3 fully saturated rings. The number of halogens is 4. The van der Waals surface area contributed by atoms with E-state index in [2.05, 4.69) is 9.97 Å². The van der Waals surface area contributed by atoms with Crippen molar-refractivity contribution < 1.29 is 37.0 Å². The molecule has 1 atom stereocenters. The van der Waals surface area contributed by atoms with Gasteiger partial charge < -0.3 is 19.6 Å². The molecule has 3 aliphatic rings. The number of hydrogen-bond donors (Lipinski definition) is 1. The van der Waals surface area contributed by atoms with Crippen LogP contribution in [0.4, 0.5) is 17.6 Å². The molecule has 3 heterocycles. The summed E-state index contributed by atoms with van der Waals surface area (Å²) in [6.45, 7) is 3.38. The van der Waals surface area contributed by atoms with E-state index in [9.17, 15) is 32.3 Å². The molecule has 1 aromatic heterocycles. The Balaban J connectivity index is 1.13. The number of carbonyl (C=O) groups excluding carboxylic acids is 1. The van der Waals surface area contributed by atoms with Crippen molar-refractivity contribution in [2.45, 2.75) is 63.6 Å². The van der Waals surface area contributed by atoms with E-state index in [-0.39, 0.29) is 43.3 Å². The second-order valence-corrected chi connectivity index (χ2v) is 11.7. The molecule has 0 radical (unpaired) electrons. The van der Waals surface area contributed by atoms with Crippen molar-refractivity contribution in [2.75, 3.05) is 32.8 Å². The Hall–Kier alpha value is -3.28. The zero-order valence-electron chi connectivity index (χ0n) is 22.9. The van der Waals surface area contributed by atoms with Gasteiger partial charge in [0, 0.05) is 18.7 Å². The van der Waals surface area contributed by atoms with Gasteiger partial charge in [-0.25, -0.2) is 19.2 Å². The summed E-state index contributed by atoms with van der Waals surface area (Å²) < 4.78 is 61.3. The third-order valence-electron chi connectivity index (χ3n) is 9.08. The van der Waals surface area contributed by atoms with Crippen molar-refractivity contribution in [1.82, 2.24) is 19.8 Å². The number of carboxylic acid groups (broad SMARTS) is 1. The molecule has 0 spiro atoms. The lowest BCUT2D eigenvalue weighted by Crippen LogP contribution is -2.53. The predicted octanol–water partition coefficient (Wildman–Crippen LogP) is 5.19. The Morgan fingerprint density at radius 1 is 1.07 bits per heavy atom. The van der Waals surface area contributed by atoms with E-state index in [1.54, 1.807) is 0 Å². The Labute approximate surface area is 235 Å². The maximum Gasteiger partial charge on any atom is 0.395 e. The third-order valence-corrected chi connectivity index (χ3v) is 9.08. The number of benzene rings is 1. The van der Waals surface area contributed by atoms with Gasteiger partial charge in [0.1, 0.15) is 11.4 Å². The number of piperidine rings is 1. The van der Waals surface area contributed by atoms with Gasteiger partial charge in [-0.3, -0.25) is 4.79 Å². The summed E-state index contributed by atoms with van der Waals surface area (Å²) >= 11 is 0. The number of nitrogens with zero attached hydrogens (tertiary/aromatic N) is 4. The highest BCUT2D eigenvalue weighted by Crippen LogP contribution is 2.53. The molecule has 2 saturated heterocycles. The first-order chi connectivity index (χ1) is 19.4. The molecule has 1 saturated carbocycles. The highest BCUT2D eigenvalue weighted by Gasteiger charge is 2.58. The van der Waals surface area contributed by atoms with Crippen molar-refractivity contribution in [3.63, 3.8) is 0 Å². The van der Waals surface area contributed by atoms with Crippen molar-refractivity contribution in [1.29, 1.82) is 0 Å². The molecule has 222 valence electrons. The third kappa shape index (κ3) is 5.75. The Kier molecular flexibility index (Phi) is 7.97. The van der Waals surface area contributed by atoms with Gasteiger partial charge in [-0.2, -0.15) is 13.2 Å². The van der Waals surface area contributed by atoms with E-state index >= 15 is 0 Å². The van der Waals surface area contributed by atoms with Crippen LogP contribution in [-0.4, -0.2) is 81.3 Å². The number of ether oxygens (including phenoxy) is 1. The van der Waals surface area contributed by atoms with Crippen LogP contribution in [0.3, 0.4) is 0 Å². The maximum atomic E-state index is 15.0. The summed E-state index contributed by atoms with van der Waals surface area (Å²) in [6.07, 6.45) is 2.09. The molecule has 5 rings (SSSR count). The number of carboxylic acids is 1. The Morgan fingerprint density at radius 3 is 2.37 bits per heavy atom. The lowest BCUT2D eigenvalue weighted by molar-refractivity contribution is -0.256. The topological polar surface area (TPSA) is 95.9 Å². The monoisotopic (exact) mass is 578 g/mol. The minimum Gasteiger partial charge on any atom is -0.480 e. The molecular weight excluding hydrogens is 544 g/mol. The Bertz CT molecular complexity index is 1280. The molecule has 2 aromatic rings. The lowest BCUT2D eigenvalue weighted by Gasteiger charge is -2.47. The molecule has 2 aliphatic heterocycles. The minimum absolute atomic E-state index is 0.0761. The van der Waals surface area contributed by atoms with Crippen molar-refractivity contribution in [3.8, 4) is 17.1 Å². The van der Waals surface area contributed by atoms with Crippen molar-refractivity contribution >= 4 is 11.9 Å². The normalized spacial score (nSPS) is 23.3. The number of amides is 1. The molecule has 8 nitrogen and oxygen atoms in total. The number of rotatable bonds is 8. The minimum atomic E-state index is -4.15. The second kappa shape index (κ2) is 11.2. The number of alkyl halides is 3. The van der Waals surface area contributed by atoms with Crippen LogP contribution in [0.15, 0.2) is 30.6 Å². The first-order valence-electron chi connectivity index (χ1n) is 14.0. The summed E-state index contributed by atoms with van der Waals surface area (Å²) in [5, 5.41) is 9.57. The first-order valence-corrected chi connectivity index (χ1v) is 14.0. The average Bonchev–Trinajstić information content (AvgIpc) is 3.32. The van der Waals surface area contributed by atoms with Gasteiger partial charge in [0.15, 0.2) is 0 Å². The SMILES string of the molecule is CC1(C(=O)O)CCCN1C(=O)c1ccc(-c2cnc(OCC3CCN(CC4(C(F)(F)F)CCC4)CC3)cn2)cc1F. The maximum absolute atomic E-state index is 15.0. The van der Waals surface area contributed by atoms with Crippen LogP contribution < -0.4 is 4.74 Å². The number of aliphatic carboxylic acids is 1. The highest BCUT2D eigenvalue weighted by atomic mass is 19.4. The van der Waals surface area contributed by atoms with Crippen LogP contribution in [0, 0.1) is 17.2 Å². The summed E-state index contributed by atoms with van der Waals surface area (Å²) in [5.41, 5.74) is -2.34. The van der Waals surface area contributed by atoms with Gasteiger partial charge in [-0.1, -0.05) is 12.5 Å². The summed E-state index contributed by atoms with van der Waals surface area (Å²) in [6, 6.07) is 4.04. The van der Waals surface area contributed by atoms with Crippen LogP contribution in [0.2, 0.25) is 0 Å². The molecule has 1 N–H and O–H groups in total. The molecule has 1 aromatic carbocycles. The van der Waals surface area contributed by atoms with Crippen LogP contribution >= 0.6 is 0 Å². The van der Waals surface area contributed by atoms with Gasteiger partial charge >= 0.3 is 12.1 Å². The van der Waals surface area contributed by atoms with Gasteiger partial charge in [-0.05, 0) is 76.6 Å². The van der Waals surface area contributed by atoms with Crippen LogP contribution in [0.5, 0.6) is 5.88 Å². The van der Waals surface area contributed by atoms with Crippen LogP contribution in [0.1, 0.15) is 62.2 Å². The molecular formula is C29H34F4N4O4.